The highest BCUT2D eigenvalue weighted by Gasteiger charge is 2.45. The standard InChI is InChI=1S/C22H22N4O5/c1-13-8-10-14(11-9-13)19-18-20(24-23-19)22(27)25(12-17(30-2)31-3)21(18)15-6-4-5-7-16(15)26(28)29/h4-11,17,21H,12H2,1-3H3,(H,23,24). The van der Waals surface area contributed by atoms with Gasteiger partial charge in [0.05, 0.1) is 28.8 Å². The number of nitrogens with zero attached hydrogens (tertiary/aromatic N) is 3. The van der Waals surface area contributed by atoms with Crippen LogP contribution in [0.4, 0.5) is 5.69 Å². The van der Waals surface area contributed by atoms with Gasteiger partial charge in [-0.3, -0.25) is 20.0 Å². The second kappa shape index (κ2) is 8.29. The Morgan fingerprint density at radius 2 is 1.84 bits per heavy atom. The van der Waals surface area contributed by atoms with E-state index in [2.05, 4.69) is 10.2 Å². The van der Waals surface area contributed by atoms with Crippen molar-refractivity contribution >= 4 is 11.6 Å². The lowest BCUT2D eigenvalue weighted by molar-refractivity contribution is -0.385. The quantitative estimate of drug-likeness (QED) is 0.355. The molecule has 0 saturated carbocycles. The Balaban J connectivity index is 1.91. The van der Waals surface area contributed by atoms with E-state index >= 15 is 0 Å². The first-order valence-electron chi connectivity index (χ1n) is 9.71. The first kappa shape index (κ1) is 20.7. The summed E-state index contributed by atoms with van der Waals surface area (Å²) in [6, 6.07) is 13.5. The van der Waals surface area contributed by atoms with Gasteiger partial charge in [0.1, 0.15) is 5.69 Å². The number of aromatic amines is 1. The van der Waals surface area contributed by atoms with Gasteiger partial charge in [-0.25, -0.2) is 0 Å². The zero-order chi connectivity index (χ0) is 22.1. The molecular formula is C22H22N4O5. The van der Waals surface area contributed by atoms with Gasteiger partial charge in [-0.05, 0) is 13.0 Å². The predicted molar refractivity (Wildman–Crippen MR) is 113 cm³/mol. The number of nitro groups is 1. The Morgan fingerprint density at radius 1 is 1.16 bits per heavy atom. The number of H-pyrrole nitrogens is 1. The molecule has 9 heteroatoms. The molecule has 1 atom stereocenters. The first-order valence-corrected chi connectivity index (χ1v) is 9.71. The maximum Gasteiger partial charge on any atom is 0.275 e. The van der Waals surface area contributed by atoms with Crippen LogP contribution in [0.15, 0.2) is 48.5 Å². The van der Waals surface area contributed by atoms with Gasteiger partial charge in [0, 0.05) is 31.4 Å². The lowest BCUT2D eigenvalue weighted by Crippen LogP contribution is -2.38. The molecule has 0 spiro atoms. The summed E-state index contributed by atoms with van der Waals surface area (Å²) >= 11 is 0. The van der Waals surface area contributed by atoms with E-state index in [9.17, 15) is 14.9 Å². The lowest BCUT2D eigenvalue weighted by Gasteiger charge is -2.28. The van der Waals surface area contributed by atoms with Crippen LogP contribution < -0.4 is 0 Å². The molecule has 0 fully saturated rings. The molecule has 0 bridgehead atoms. The average Bonchev–Trinajstić information content (AvgIpc) is 3.31. The summed E-state index contributed by atoms with van der Waals surface area (Å²) in [5, 5.41) is 19.0. The van der Waals surface area contributed by atoms with E-state index in [1.165, 1.54) is 25.2 Å². The van der Waals surface area contributed by atoms with Crippen molar-refractivity contribution < 1.29 is 19.2 Å². The minimum Gasteiger partial charge on any atom is -0.354 e. The molecule has 4 rings (SSSR count). The van der Waals surface area contributed by atoms with Crippen LogP contribution in [0.3, 0.4) is 0 Å². The number of carbonyl (C=O) groups excluding carboxylic acids is 1. The Kier molecular flexibility index (Phi) is 5.53. The zero-order valence-corrected chi connectivity index (χ0v) is 17.4. The van der Waals surface area contributed by atoms with Gasteiger partial charge < -0.3 is 14.4 Å². The molecule has 1 unspecified atom stereocenters. The van der Waals surface area contributed by atoms with Crippen molar-refractivity contribution in [2.75, 3.05) is 20.8 Å². The number of fused-ring (bicyclic) bond motifs is 1. The normalized spacial score (nSPS) is 15.5. The number of benzene rings is 2. The van der Waals surface area contributed by atoms with Gasteiger partial charge in [0.15, 0.2) is 6.29 Å². The highest BCUT2D eigenvalue weighted by molar-refractivity contribution is 6.00. The van der Waals surface area contributed by atoms with Gasteiger partial charge in [-0.2, -0.15) is 5.10 Å². The number of nitro benzene ring substituents is 1. The van der Waals surface area contributed by atoms with Crippen LogP contribution >= 0.6 is 0 Å². The zero-order valence-electron chi connectivity index (χ0n) is 17.4. The highest BCUT2D eigenvalue weighted by atomic mass is 16.7. The van der Waals surface area contributed by atoms with Gasteiger partial charge in [0.25, 0.3) is 11.6 Å². The Bertz CT molecular complexity index is 1120. The topological polar surface area (TPSA) is 111 Å². The van der Waals surface area contributed by atoms with Crippen LogP contribution in [0.1, 0.15) is 33.2 Å². The van der Waals surface area contributed by atoms with Crippen molar-refractivity contribution in [3.05, 3.63) is 81.0 Å². The number of rotatable bonds is 7. The van der Waals surface area contributed by atoms with Crippen molar-refractivity contribution in [3.8, 4) is 11.3 Å². The van der Waals surface area contributed by atoms with Gasteiger partial charge in [-0.1, -0.05) is 42.0 Å². The lowest BCUT2D eigenvalue weighted by atomic mass is 9.94. The predicted octanol–water partition coefficient (Wildman–Crippen LogP) is 3.46. The number of para-hydroxylation sites is 1. The van der Waals surface area contributed by atoms with Gasteiger partial charge >= 0.3 is 0 Å². The van der Waals surface area contributed by atoms with E-state index in [-0.39, 0.29) is 18.1 Å². The second-order valence-electron chi connectivity index (χ2n) is 7.30. The van der Waals surface area contributed by atoms with Crippen molar-refractivity contribution in [2.24, 2.45) is 0 Å². The largest absolute Gasteiger partial charge is 0.354 e. The van der Waals surface area contributed by atoms with Crippen LogP contribution in [0.2, 0.25) is 0 Å². The molecule has 31 heavy (non-hydrogen) atoms. The molecule has 1 aromatic heterocycles. The second-order valence-corrected chi connectivity index (χ2v) is 7.30. The molecule has 1 N–H and O–H groups in total. The Labute approximate surface area is 178 Å². The maximum absolute atomic E-state index is 13.3. The third-order valence-electron chi connectivity index (χ3n) is 5.49. The van der Waals surface area contributed by atoms with Gasteiger partial charge in [0.2, 0.25) is 0 Å². The van der Waals surface area contributed by atoms with Gasteiger partial charge in [-0.15, -0.1) is 0 Å². The number of carbonyl (C=O) groups is 1. The molecule has 2 aromatic carbocycles. The van der Waals surface area contributed by atoms with Crippen molar-refractivity contribution in [3.63, 3.8) is 0 Å². The molecule has 0 aliphatic carbocycles. The number of aromatic nitrogens is 2. The molecule has 0 saturated heterocycles. The molecule has 0 radical (unpaired) electrons. The fourth-order valence-electron chi connectivity index (χ4n) is 3.93. The van der Waals surface area contributed by atoms with Crippen LogP contribution in [0, 0.1) is 17.0 Å². The Hall–Kier alpha value is -3.56. The smallest absolute Gasteiger partial charge is 0.275 e. The molecule has 9 nitrogen and oxygen atoms in total. The number of aryl methyl sites for hydroxylation is 1. The number of hydrogen-bond donors (Lipinski definition) is 1. The molecule has 2 heterocycles. The van der Waals surface area contributed by atoms with Crippen molar-refractivity contribution in [2.45, 2.75) is 19.3 Å². The summed E-state index contributed by atoms with van der Waals surface area (Å²) in [6.07, 6.45) is -0.686. The third kappa shape index (κ3) is 3.58. The minimum absolute atomic E-state index is 0.0689. The number of nitrogens with one attached hydrogen (secondary N) is 1. The monoisotopic (exact) mass is 422 g/mol. The van der Waals surface area contributed by atoms with E-state index in [1.807, 2.05) is 31.2 Å². The summed E-state index contributed by atoms with van der Waals surface area (Å²) in [6.45, 7) is 2.08. The highest BCUT2D eigenvalue weighted by Crippen LogP contribution is 2.45. The van der Waals surface area contributed by atoms with E-state index < -0.39 is 17.3 Å². The van der Waals surface area contributed by atoms with Crippen molar-refractivity contribution in [1.29, 1.82) is 0 Å². The summed E-state index contributed by atoms with van der Waals surface area (Å²) in [7, 11) is 2.96. The SMILES string of the molecule is COC(CN1C(=O)c2[nH]nc(-c3ccc(C)cc3)c2C1c1ccccc1[N+](=O)[O-])OC. The minimum atomic E-state index is -0.716. The van der Waals surface area contributed by atoms with Crippen LogP contribution in [0.25, 0.3) is 11.3 Å². The molecule has 1 aliphatic rings. The maximum atomic E-state index is 13.3. The molecule has 3 aromatic rings. The fraction of sp³-hybridized carbons (Fsp3) is 0.273. The average molecular weight is 422 g/mol. The summed E-state index contributed by atoms with van der Waals surface area (Å²) in [4.78, 5) is 26.2. The molecular weight excluding hydrogens is 400 g/mol. The number of amides is 1. The van der Waals surface area contributed by atoms with Crippen molar-refractivity contribution in [1.82, 2.24) is 15.1 Å². The van der Waals surface area contributed by atoms with Crippen LogP contribution in [0.5, 0.6) is 0 Å². The fourth-order valence-corrected chi connectivity index (χ4v) is 3.93. The molecule has 1 amide bonds. The van der Waals surface area contributed by atoms with E-state index in [1.54, 1.807) is 18.2 Å². The third-order valence-corrected chi connectivity index (χ3v) is 5.49. The number of hydrogen-bond acceptors (Lipinski definition) is 6. The molecule has 1 aliphatic heterocycles. The van der Waals surface area contributed by atoms with E-state index in [0.29, 0.717) is 22.5 Å². The number of methoxy groups -OCH3 is 2. The van der Waals surface area contributed by atoms with Crippen LogP contribution in [-0.2, 0) is 9.47 Å². The van der Waals surface area contributed by atoms with E-state index in [4.69, 9.17) is 9.47 Å². The summed E-state index contributed by atoms with van der Waals surface area (Å²) < 4.78 is 10.6. The summed E-state index contributed by atoms with van der Waals surface area (Å²) in [5.41, 5.74) is 3.74. The summed E-state index contributed by atoms with van der Waals surface area (Å²) in [5.74, 6) is -0.317. The molecule has 160 valence electrons. The number of ether oxygens (including phenoxy) is 2. The Morgan fingerprint density at radius 3 is 2.48 bits per heavy atom. The van der Waals surface area contributed by atoms with Crippen LogP contribution in [-0.4, -0.2) is 53.0 Å². The van der Waals surface area contributed by atoms with E-state index in [0.717, 1.165) is 11.1 Å². The first-order chi connectivity index (χ1) is 15.0.